The molecule has 2 aromatic rings. The molecule has 0 unspecified atom stereocenters. The van der Waals surface area contributed by atoms with Crippen molar-refractivity contribution in [2.75, 3.05) is 6.61 Å². The molecule has 0 fully saturated rings. The van der Waals surface area contributed by atoms with E-state index in [0.29, 0.717) is 22.6 Å². The van der Waals surface area contributed by atoms with Crippen LogP contribution in [0.3, 0.4) is 0 Å². The van der Waals surface area contributed by atoms with Gasteiger partial charge in [0.2, 0.25) is 0 Å². The van der Waals surface area contributed by atoms with Gasteiger partial charge in [0.15, 0.2) is 6.61 Å². The van der Waals surface area contributed by atoms with Crippen LogP contribution in [0.1, 0.15) is 11.1 Å². The number of benzene rings is 2. The summed E-state index contributed by atoms with van der Waals surface area (Å²) in [6, 6.07) is 14.3. The molecule has 0 aliphatic heterocycles. The molecular weight excluding hydrogens is 297 g/mol. The summed E-state index contributed by atoms with van der Waals surface area (Å²) in [5.74, 6) is -0.460. The number of nitrogens with one attached hydrogen (secondary N) is 2. The van der Waals surface area contributed by atoms with Crippen LogP contribution in [0.5, 0.6) is 5.75 Å². The van der Waals surface area contributed by atoms with Crippen molar-refractivity contribution >= 4 is 11.6 Å². The summed E-state index contributed by atoms with van der Waals surface area (Å²) < 4.78 is 18.1. The molecule has 0 saturated heterocycles. The molecule has 1 amide bonds. The molecular formula is C17H14FN3O2. The van der Waals surface area contributed by atoms with Crippen LogP contribution in [-0.2, 0) is 4.79 Å². The highest BCUT2D eigenvalue weighted by Gasteiger charge is 2.06. The SMILES string of the molecule is C=C(NNC(=O)COc1ccccc1C#N)c1ccc(F)cc1. The van der Waals surface area contributed by atoms with Crippen LogP contribution in [0.4, 0.5) is 4.39 Å². The molecule has 116 valence electrons. The van der Waals surface area contributed by atoms with E-state index in [-0.39, 0.29) is 12.4 Å². The molecule has 6 heteroatoms. The van der Waals surface area contributed by atoms with Crippen LogP contribution in [0.25, 0.3) is 5.70 Å². The van der Waals surface area contributed by atoms with Crippen molar-refractivity contribution in [1.82, 2.24) is 10.9 Å². The van der Waals surface area contributed by atoms with Gasteiger partial charge in [-0.25, -0.2) is 4.39 Å². The van der Waals surface area contributed by atoms with E-state index in [1.165, 1.54) is 24.3 Å². The number of halogens is 1. The summed E-state index contributed by atoms with van der Waals surface area (Å²) in [5.41, 5.74) is 6.44. The van der Waals surface area contributed by atoms with E-state index in [2.05, 4.69) is 17.4 Å². The zero-order valence-corrected chi connectivity index (χ0v) is 12.2. The fourth-order valence-corrected chi connectivity index (χ4v) is 1.73. The minimum Gasteiger partial charge on any atom is -0.482 e. The van der Waals surface area contributed by atoms with Crippen LogP contribution in [0.2, 0.25) is 0 Å². The first kappa shape index (κ1) is 16.0. The zero-order valence-electron chi connectivity index (χ0n) is 12.2. The Labute approximate surface area is 133 Å². The smallest absolute Gasteiger partial charge is 0.276 e. The molecule has 0 heterocycles. The topological polar surface area (TPSA) is 74.2 Å². The Bertz CT molecular complexity index is 751. The number of rotatable bonds is 6. The molecule has 0 bridgehead atoms. The summed E-state index contributed by atoms with van der Waals surface area (Å²) in [6.45, 7) is 3.48. The maximum Gasteiger partial charge on any atom is 0.276 e. The van der Waals surface area contributed by atoms with Gasteiger partial charge >= 0.3 is 0 Å². The lowest BCUT2D eigenvalue weighted by Crippen LogP contribution is -2.39. The standard InChI is InChI=1S/C17H14FN3O2/c1-12(13-6-8-15(18)9-7-13)20-21-17(22)11-23-16-5-3-2-4-14(16)10-19/h2-9,20H,1,11H2,(H,21,22). The van der Waals surface area contributed by atoms with Crippen molar-refractivity contribution in [1.29, 1.82) is 5.26 Å². The lowest BCUT2D eigenvalue weighted by molar-refractivity contribution is -0.123. The van der Waals surface area contributed by atoms with E-state index < -0.39 is 5.91 Å². The second-order valence-corrected chi connectivity index (χ2v) is 4.56. The zero-order chi connectivity index (χ0) is 16.7. The second-order valence-electron chi connectivity index (χ2n) is 4.56. The number of hydrazine groups is 1. The van der Waals surface area contributed by atoms with Crippen LogP contribution in [0, 0.1) is 17.1 Å². The van der Waals surface area contributed by atoms with Gasteiger partial charge in [-0.05, 0) is 42.0 Å². The lowest BCUT2D eigenvalue weighted by atomic mass is 10.2. The fourth-order valence-electron chi connectivity index (χ4n) is 1.73. The maximum absolute atomic E-state index is 12.8. The Kier molecular flexibility index (Phi) is 5.31. The first-order chi connectivity index (χ1) is 11.1. The molecule has 0 aliphatic rings. The predicted molar refractivity (Wildman–Crippen MR) is 83.4 cm³/mol. The summed E-state index contributed by atoms with van der Waals surface area (Å²) in [4.78, 5) is 11.7. The lowest BCUT2D eigenvalue weighted by Gasteiger charge is -2.12. The van der Waals surface area contributed by atoms with E-state index >= 15 is 0 Å². The fraction of sp³-hybridized carbons (Fsp3) is 0.0588. The summed E-state index contributed by atoms with van der Waals surface area (Å²) in [5, 5.41) is 8.92. The largest absolute Gasteiger partial charge is 0.482 e. The third kappa shape index (κ3) is 4.58. The van der Waals surface area contributed by atoms with Gasteiger partial charge in [0.1, 0.15) is 17.6 Å². The number of hydrogen-bond donors (Lipinski definition) is 2. The van der Waals surface area contributed by atoms with Gasteiger partial charge in [-0.1, -0.05) is 18.7 Å². The normalized spacial score (nSPS) is 9.57. The van der Waals surface area contributed by atoms with Crippen molar-refractivity contribution in [2.45, 2.75) is 0 Å². The Morgan fingerprint density at radius 2 is 1.87 bits per heavy atom. The molecule has 0 radical (unpaired) electrons. The highest BCUT2D eigenvalue weighted by atomic mass is 19.1. The Morgan fingerprint density at radius 1 is 1.17 bits per heavy atom. The second kappa shape index (κ2) is 7.61. The molecule has 0 atom stereocenters. The number of nitrogens with zero attached hydrogens (tertiary/aromatic N) is 1. The maximum atomic E-state index is 12.8. The first-order valence-electron chi connectivity index (χ1n) is 6.72. The summed E-state index contributed by atoms with van der Waals surface area (Å²) in [6.07, 6.45) is 0. The van der Waals surface area contributed by atoms with Crippen molar-refractivity contribution in [2.24, 2.45) is 0 Å². The molecule has 5 nitrogen and oxygen atoms in total. The number of hydrogen-bond acceptors (Lipinski definition) is 4. The molecule has 2 N–H and O–H groups in total. The van der Waals surface area contributed by atoms with Gasteiger partial charge in [-0.3, -0.25) is 15.6 Å². The Balaban J connectivity index is 1.82. The molecule has 2 aromatic carbocycles. The average Bonchev–Trinajstić information content (AvgIpc) is 2.58. The number of para-hydroxylation sites is 1. The third-order valence-electron chi connectivity index (χ3n) is 2.91. The van der Waals surface area contributed by atoms with Gasteiger partial charge in [-0.15, -0.1) is 0 Å². The molecule has 0 spiro atoms. The number of amides is 1. The highest BCUT2D eigenvalue weighted by molar-refractivity contribution is 5.78. The van der Waals surface area contributed by atoms with Crippen molar-refractivity contribution in [3.8, 4) is 11.8 Å². The molecule has 0 saturated carbocycles. The van der Waals surface area contributed by atoms with E-state index in [1.807, 2.05) is 6.07 Å². The number of carbonyl (C=O) groups is 1. The van der Waals surface area contributed by atoms with Crippen molar-refractivity contribution in [3.05, 3.63) is 72.1 Å². The number of carbonyl (C=O) groups excluding carboxylic acids is 1. The quantitative estimate of drug-likeness (QED) is 0.803. The van der Waals surface area contributed by atoms with E-state index in [0.717, 1.165) is 0 Å². The van der Waals surface area contributed by atoms with Gasteiger partial charge in [0.05, 0.1) is 11.3 Å². The monoisotopic (exact) mass is 311 g/mol. The Morgan fingerprint density at radius 3 is 2.57 bits per heavy atom. The average molecular weight is 311 g/mol. The van der Waals surface area contributed by atoms with Crippen LogP contribution in [0.15, 0.2) is 55.1 Å². The summed E-state index contributed by atoms with van der Waals surface area (Å²) in [7, 11) is 0. The molecule has 0 aliphatic carbocycles. The Hall–Kier alpha value is -3.33. The number of nitriles is 1. The summed E-state index contributed by atoms with van der Waals surface area (Å²) >= 11 is 0. The van der Waals surface area contributed by atoms with Crippen molar-refractivity contribution < 1.29 is 13.9 Å². The van der Waals surface area contributed by atoms with Gasteiger partial charge in [0.25, 0.3) is 5.91 Å². The van der Waals surface area contributed by atoms with Crippen LogP contribution < -0.4 is 15.6 Å². The van der Waals surface area contributed by atoms with Crippen molar-refractivity contribution in [3.63, 3.8) is 0 Å². The highest BCUT2D eigenvalue weighted by Crippen LogP contribution is 2.16. The van der Waals surface area contributed by atoms with Gasteiger partial charge < -0.3 is 4.74 Å². The van der Waals surface area contributed by atoms with E-state index in [4.69, 9.17) is 10.00 Å². The molecule has 0 aromatic heterocycles. The van der Waals surface area contributed by atoms with Gasteiger partial charge in [0, 0.05) is 0 Å². The molecule has 23 heavy (non-hydrogen) atoms. The molecule has 2 rings (SSSR count). The number of ether oxygens (including phenoxy) is 1. The van der Waals surface area contributed by atoms with Crippen LogP contribution in [-0.4, -0.2) is 12.5 Å². The van der Waals surface area contributed by atoms with E-state index in [9.17, 15) is 9.18 Å². The minimum atomic E-state index is -0.444. The van der Waals surface area contributed by atoms with Gasteiger partial charge in [-0.2, -0.15) is 5.26 Å². The minimum absolute atomic E-state index is 0.262. The van der Waals surface area contributed by atoms with E-state index in [1.54, 1.807) is 24.3 Å². The van der Waals surface area contributed by atoms with Crippen LogP contribution >= 0.6 is 0 Å². The first-order valence-corrected chi connectivity index (χ1v) is 6.72. The predicted octanol–water partition coefficient (Wildman–Crippen LogP) is 2.37. The third-order valence-corrected chi connectivity index (χ3v) is 2.91.